The zero-order chi connectivity index (χ0) is 26.6. The van der Waals surface area contributed by atoms with Gasteiger partial charge in [0.05, 0.1) is 18.1 Å². The molecule has 0 aliphatic rings. The minimum absolute atomic E-state index is 0.164. The lowest BCUT2D eigenvalue weighted by molar-refractivity contribution is 0.101. The summed E-state index contributed by atoms with van der Waals surface area (Å²) in [7, 11) is 0. The van der Waals surface area contributed by atoms with Gasteiger partial charge in [0.25, 0.3) is 11.8 Å². The number of aromatic nitrogens is 2. The van der Waals surface area contributed by atoms with E-state index in [-0.39, 0.29) is 17.6 Å². The van der Waals surface area contributed by atoms with Crippen molar-refractivity contribution in [2.24, 2.45) is 0 Å². The number of anilines is 5. The van der Waals surface area contributed by atoms with Gasteiger partial charge in [-0.2, -0.15) is 0 Å². The molecule has 0 radical (unpaired) electrons. The average molecular weight is 505 g/mol. The third-order valence-electron chi connectivity index (χ3n) is 5.88. The van der Waals surface area contributed by atoms with E-state index in [4.69, 9.17) is 5.73 Å². The number of amides is 2. The molecule has 2 amide bonds. The highest BCUT2D eigenvalue weighted by Gasteiger charge is 2.14. The highest BCUT2D eigenvalue weighted by atomic mass is 16.3. The molecule has 5 rings (SSSR count). The van der Waals surface area contributed by atoms with Gasteiger partial charge in [-0.25, -0.2) is 9.97 Å². The van der Waals surface area contributed by atoms with Gasteiger partial charge in [0.2, 0.25) is 5.95 Å². The number of rotatable bonds is 6. The third kappa shape index (κ3) is 5.52. The Morgan fingerprint density at radius 1 is 0.763 bits per heavy atom. The summed E-state index contributed by atoms with van der Waals surface area (Å²) in [5.74, 6) is -0.145. The molecular weight excluding hydrogens is 480 g/mol. The van der Waals surface area contributed by atoms with Crippen molar-refractivity contribution >= 4 is 51.3 Å². The minimum atomic E-state index is -0.357. The van der Waals surface area contributed by atoms with E-state index >= 15 is 0 Å². The van der Waals surface area contributed by atoms with Crippen molar-refractivity contribution in [1.29, 1.82) is 0 Å². The van der Waals surface area contributed by atoms with Gasteiger partial charge in [-0.05, 0) is 77.9 Å². The molecule has 5 aromatic rings. The number of nitrogens with zero attached hydrogens (tertiary/aromatic N) is 2. The number of hydrogen-bond donors (Lipinski definition) is 5. The Bertz CT molecular complexity index is 1670. The number of nitrogen functional groups attached to an aromatic ring is 1. The van der Waals surface area contributed by atoms with Gasteiger partial charge in [0.1, 0.15) is 5.75 Å². The number of aryl methyl sites for hydroxylation is 1. The number of aromatic hydroxyl groups is 1. The van der Waals surface area contributed by atoms with Crippen molar-refractivity contribution in [2.45, 2.75) is 6.92 Å². The molecule has 0 saturated carbocycles. The smallest absolute Gasteiger partial charge is 0.256 e. The molecule has 0 unspecified atom stereocenters. The van der Waals surface area contributed by atoms with Crippen molar-refractivity contribution in [3.63, 3.8) is 0 Å². The van der Waals surface area contributed by atoms with Crippen LogP contribution < -0.4 is 21.7 Å². The summed E-state index contributed by atoms with van der Waals surface area (Å²) in [5.41, 5.74) is 9.66. The van der Waals surface area contributed by atoms with Crippen LogP contribution in [0, 0.1) is 6.92 Å². The van der Waals surface area contributed by atoms with E-state index < -0.39 is 0 Å². The Morgan fingerprint density at radius 3 is 2.29 bits per heavy atom. The lowest BCUT2D eigenvalue weighted by Gasteiger charge is -2.12. The van der Waals surface area contributed by atoms with Crippen molar-refractivity contribution in [3.05, 3.63) is 108 Å². The fourth-order valence-electron chi connectivity index (χ4n) is 3.92. The molecule has 0 aliphatic carbocycles. The molecule has 0 spiro atoms. The maximum absolute atomic E-state index is 13.0. The molecule has 0 atom stereocenters. The predicted octanol–water partition coefficient (Wildman–Crippen LogP) is 5.47. The Balaban J connectivity index is 1.27. The van der Waals surface area contributed by atoms with E-state index in [2.05, 4.69) is 25.9 Å². The molecule has 4 aromatic carbocycles. The van der Waals surface area contributed by atoms with Gasteiger partial charge in [-0.1, -0.05) is 24.3 Å². The van der Waals surface area contributed by atoms with Crippen LogP contribution >= 0.6 is 0 Å². The highest BCUT2D eigenvalue weighted by Crippen LogP contribution is 2.23. The lowest BCUT2D eigenvalue weighted by atomic mass is 10.1. The quantitative estimate of drug-likeness (QED) is 0.193. The van der Waals surface area contributed by atoms with E-state index in [0.717, 1.165) is 22.0 Å². The van der Waals surface area contributed by atoms with Gasteiger partial charge in [-0.3, -0.25) is 9.59 Å². The van der Waals surface area contributed by atoms with Crippen LogP contribution in [0.1, 0.15) is 26.3 Å². The van der Waals surface area contributed by atoms with Crippen LogP contribution in [0.15, 0.2) is 91.3 Å². The Kier molecular flexibility index (Phi) is 6.56. The molecule has 0 fully saturated rings. The van der Waals surface area contributed by atoms with E-state index in [9.17, 15) is 14.7 Å². The van der Waals surface area contributed by atoms with Crippen LogP contribution in [0.4, 0.5) is 28.7 Å². The first-order valence-corrected chi connectivity index (χ1v) is 11.7. The SMILES string of the molecule is Cc1ccc(NC(=O)c2ccc3cc(O)ccc3c2)cc1C(=O)Nc1cnc(Nc2cccc(N)c2)nc1. The molecule has 0 aliphatic heterocycles. The van der Waals surface area contributed by atoms with Gasteiger partial charge in [-0.15, -0.1) is 0 Å². The molecule has 1 heterocycles. The van der Waals surface area contributed by atoms with Crippen molar-refractivity contribution in [1.82, 2.24) is 9.97 Å². The summed E-state index contributed by atoms with van der Waals surface area (Å²) in [5, 5.41) is 20.0. The molecule has 38 heavy (non-hydrogen) atoms. The number of phenols is 1. The average Bonchev–Trinajstić information content (AvgIpc) is 2.90. The van der Waals surface area contributed by atoms with Crippen molar-refractivity contribution in [2.75, 3.05) is 21.7 Å². The highest BCUT2D eigenvalue weighted by molar-refractivity contribution is 6.09. The summed E-state index contributed by atoms with van der Waals surface area (Å²) >= 11 is 0. The lowest BCUT2D eigenvalue weighted by Crippen LogP contribution is -2.16. The predicted molar refractivity (Wildman–Crippen MR) is 149 cm³/mol. The van der Waals surface area contributed by atoms with Gasteiger partial charge in [0, 0.05) is 28.2 Å². The fraction of sp³-hybridized carbons (Fsp3) is 0.0345. The molecule has 9 nitrogen and oxygen atoms in total. The molecule has 188 valence electrons. The molecular formula is C29H24N6O3. The number of nitrogens with two attached hydrogens (primary N) is 1. The van der Waals surface area contributed by atoms with E-state index in [1.807, 2.05) is 19.1 Å². The minimum Gasteiger partial charge on any atom is -0.508 e. The maximum atomic E-state index is 13.0. The molecule has 0 saturated heterocycles. The van der Waals surface area contributed by atoms with Gasteiger partial charge < -0.3 is 26.8 Å². The zero-order valence-corrected chi connectivity index (χ0v) is 20.4. The van der Waals surface area contributed by atoms with Crippen molar-refractivity contribution < 1.29 is 14.7 Å². The number of fused-ring (bicyclic) bond motifs is 1. The molecule has 1 aromatic heterocycles. The second-order valence-corrected chi connectivity index (χ2v) is 8.73. The van der Waals surface area contributed by atoms with Crippen LogP contribution in [0.2, 0.25) is 0 Å². The summed E-state index contributed by atoms with van der Waals surface area (Å²) < 4.78 is 0. The standard InChI is InChI=1S/C29H24N6O3/c1-17-5-9-23(33-27(37)20-7-6-19-12-25(36)10-8-18(19)11-20)14-26(17)28(38)34-24-15-31-29(32-16-24)35-22-4-2-3-21(30)13-22/h2-16,36H,30H2,1H3,(H,33,37)(H,34,38)(H,31,32,35). The number of hydrogen-bond acceptors (Lipinski definition) is 7. The summed E-state index contributed by atoms with van der Waals surface area (Å²) in [6.07, 6.45) is 3.00. The number of carbonyl (C=O) groups excluding carboxylic acids is 2. The molecule has 0 bridgehead atoms. The Labute approximate surface area is 218 Å². The summed E-state index contributed by atoms with van der Waals surface area (Å²) in [4.78, 5) is 34.4. The van der Waals surface area contributed by atoms with Crippen LogP contribution in [-0.2, 0) is 0 Å². The summed E-state index contributed by atoms with van der Waals surface area (Å²) in [6.45, 7) is 1.81. The molecule has 9 heteroatoms. The van der Waals surface area contributed by atoms with Crippen LogP contribution in [-0.4, -0.2) is 26.9 Å². The second kappa shape index (κ2) is 10.3. The van der Waals surface area contributed by atoms with Crippen LogP contribution in [0.25, 0.3) is 10.8 Å². The third-order valence-corrected chi connectivity index (χ3v) is 5.88. The van der Waals surface area contributed by atoms with E-state index in [1.165, 1.54) is 12.4 Å². The molecule has 6 N–H and O–H groups in total. The first-order chi connectivity index (χ1) is 18.3. The van der Waals surface area contributed by atoms with E-state index in [0.29, 0.717) is 34.1 Å². The second-order valence-electron chi connectivity index (χ2n) is 8.73. The normalized spacial score (nSPS) is 10.7. The largest absolute Gasteiger partial charge is 0.508 e. The van der Waals surface area contributed by atoms with Gasteiger partial charge >= 0.3 is 0 Å². The number of benzene rings is 4. The Morgan fingerprint density at radius 2 is 1.50 bits per heavy atom. The topological polar surface area (TPSA) is 142 Å². The van der Waals surface area contributed by atoms with Crippen molar-refractivity contribution in [3.8, 4) is 5.75 Å². The monoisotopic (exact) mass is 504 g/mol. The van der Waals surface area contributed by atoms with Crippen LogP contribution in [0.3, 0.4) is 0 Å². The number of carbonyl (C=O) groups is 2. The zero-order valence-electron chi connectivity index (χ0n) is 20.4. The first-order valence-electron chi connectivity index (χ1n) is 11.7. The fourth-order valence-corrected chi connectivity index (χ4v) is 3.92. The number of nitrogens with one attached hydrogen (secondary N) is 3. The number of phenolic OH excluding ortho intramolecular Hbond substituents is 1. The summed E-state index contributed by atoms with van der Waals surface area (Å²) in [6, 6.07) is 22.5. The van der Waals surface area contributed by atoms with E-state index in [1.54, 1.807) is 66.7 Å². The first kappa shape index (κ1) is 24.3. The maximum Gasteiger partial charge on any atom is 0.256 e. The van der Waals surface area contributed by atoms with Crippen LogP contribution in [0.5, 0.6) is 5.75 Å². The van der Waals surface area contributed by atoms with Gasteiger partial charge in [0.15, 0.2) is 0 Å². The Hall–Kier alpha value is -5.44.